The number of carbonyl (C=O) groups excluding carboxylic acids is 3. The van der Waals surface area contributed by atoms with Gasteiger partial charge in [0.25, 0.3) is 5.91 Å². The van der Waals surface area contributed by atoms with Crippen molar-refractivity contribution in [3.05, 3.63) is 58.8 Å². The van der Waals surface area contributed by atoms with E-state index in [0.717, 1.165) is 0 Å². The quantitative estimate of drug-likeness (QED) is 0.430. The molecule has 0 spiro atoms. The molecule has 32 heavy (non-hydrogen) atoms. The number of amides is 2. The summed E-state index contributed by atoms with van der Waals surface area (Å²) >= 11 is 0. The summed E-state index contributed by atoms with van der Waals surface area (Å²) in [6.07, 6.45) is 0. The number of fused-ring (bicyclic) bond motifs is 2. The van der Waals surface area contributed by atoms with Gasteiger partial charge in [-0.3, -0.25) is 19.2 Å². The first-order valence-electron chi connectivity index (χ1n) is 10.5. The normalized spacial score (nSPS) is 11.0. The molecule has 0 saturated carbocycles. The van der Waals surface area contributed by atoms with Gasteiger partial charge in [-0.2, -0.15) is 0 Å². The fourth-order valence-electron chi connectivity index (χ4n) is 3.57. The Hall–Kier alpha value is -3.68. The number of nitrogens with zero attached hydrogens (tertiary/aromatic N) is 2. The molecule has 0 bridgehead atoms. The van der Waals surface area contributed by atoms with Gasteiger partial charge in [0.05, 0.1) is 17.6 Å². The van der Waals surface area contributed by atoms with Crippen LogP contribution in [-0.2, 0) is 25.7 Å². The van der Waals surface area contributed by atoms with Crippen LogP contribution in [-0.4, -0.2) is 53.0 Å². The van der Waals surface area contributed by atoms with Crippen LogP contribution in [0.15, 0.2) is 53.3 Å². The Morgan fingerprint density at radius 3 is 2.09 bits per heavy atom. The number of carbonyl (C=O) groups is 3. The van der Waals surface area contributed by atoms with Crippen LogP contribution in [0.5, 0.6) is 0 Å². The molecule has 0 saturated heterocycles. The highest BCUT2D eigenvalue weighted by atomic mass is 16.5. The molecule has 0 radical (unpaired) electrons. The first-order chi connectivity index (χ1) is 15.3. The van der Waals surface area contributed by atoms with Gasteiger partial charge in [-0.05, 0) is 45.0 Å². The minimum absolute atomic E-state index is 0.0312. The molecule has 0 atom stereocenters. The minimum atomic E-state index is -0.611. The molecular formula is C24H27N3O5. The average Bonchev–Trinajstić information content (AvgIpc) is 2.78. The van der Waals surface area contributed by atoms with Crippen molar-refractivity contribution < 1.29 is 19.1 Å². The summed E-state index contributed by atoms with van der Waals surface area (Å²) in [5.74, 6) is -1.33. The third-order valence-electron chi connectivity index (χ3n) is 5.04. The molecule has 2 aromatic carbocycles. The number of rotatable bonds is 8. The third kappa shape index (κ3) is 5.14. The highest BCUT2D eigenvalue weighted by Crippen LogP contribution is 2.19. The SMILES string of the molecule is CCN(CC(=O)NC(C)C)C(=O)COC(=O)Cn1c2ccccc2c(=O)c2ccccc21. The van der Waals surface area contributed by atoms with Crippen LogP contribution in [0.4, 0.5) is 0 Å². The maximum atomic E-state index is 12.8. The molecule has 1 aromatic heterocycles. The number of likely N-dealkylation sites (N-methyl/N-ethyl adjacent to an activating group) is 1. The Bertz CT molecular complexity index is 1160. The van der Waals surface area contributed by atoms with Gasteiger partial charge < -0.3 is 19.5 Å². The lowest BCUT2D eigenvalue weighted by molar-refractivity contribution is -0.152. The molecule has 8 nitrogen and oxygen atoms in total. The number of aromatic nitrogens is 1. The van der Waals surface area contributed by atoms with Crippen molar-refractivity contribution in [3.8, 4) is 0 Å². The molecule has 1 N–H and O–H groups in total. The second-order valence-corrected chi connectivity index (χ2v) is 7.74. The van der Waals surface area contributed by atoms with Crippen LogP contribution < -0.4 is 10.7 Å². The van der Waals surface area contributed by atoms with Gasteiger partial charge in [-0.15, -0.1) is 0 Å². The fraction of sp³-hybridized carbons (Fsp3) is 0.333. The van der Waals surface area contributed by atoms with Crippen LogP contribution in [0.3, 0.4) is 0 Å². The molecule has 0 aliphatic carbocycles. The third-order valence-corrected chi connectivity index (χ3v) is 5.04. The first kappa shape index (κ1) is 23.0. The van der Waals surface area contributed by atoms with E-state index in [0.29, 0.717) is 28.4 Å². The number of hydrogen-bond acceptors (Lipinski definition) is 5. The Balaban J connectivity index is 1.75. The van der Waals surface area contributed by atoms with E-state index in [1.54, 1.807) is 60.0 Å². The molecular weight excluding hydrogens is 410 g/mol. The Morgan fingerprint density at radius 1 is 1.00 bits per heavy atom. The summed E-state index contributed by atoms with van der Waals surface area (Å²) in [7, 11) is 0. The summed E-state index contributed by atoms with van der Waals surface area (Å²) in [5.41, 5.74) is 1.12. The van der Waals surface area contributed by atoms with E-state index in [4.69, 9.17) is 4.74 Å². The number of para-hydroxylation sites is 2. The molecule has 0 fully saturated rings. The molecule has 168 valence electrons. The van der Waals surface area contributed by atoms with Crippen molar-refractivity contribution >= 4 is 39.6 Å². The molecule has 8 heteroatoms. The summed E-state index contributed by atoms with van der Waals surface area (Å²) in [6, 6.07) is 14.1. The number of nitrogens with one attached hydrogen (secondary N) is 1. The zero-order chi connectivity index (χ0) is 23.3. The van der Waals surface area contributed by atoms with E-state index in [2.05, 4.69) is 5.32 Å². The number of hydrogen-bond donors (Lipinski definition) is 1. The lowest BCUT2D eigenvalue weighted by Crippen LogP contribution is -2.44. The van der Waals surface area contributed by atoms with Crippen molar-refractivity contribution in [2.24, 2.45) is 0 Å². The maximum absolute atomic E-state index is 12.8. The van der Waals surface area contributed by atoms with Gasteiger partial charge in [0.15, 0.2) is 12.0 Å². The number of benzene rings is 2. The number of esters is 1. The van der Waals surface area contributed by atoms with E-state index in [1.807, 2.05) is 13.8 Å². The molecule has 3 rings (SSSR count). The lowest BCUT2D eigenvalue weighted by Gasteiger charge is -2.21. The summed E-state index contributed by atoms with van der Waals surface area (Å²) in [4.78, 5) is 51.1. The number of ether oxygens (including phenoxy) is 1. The zero-order valence-corrected chi connectivity index (χ0v) is 18.5. The van der Waals surface area contributed by atoms with Crippen LogP contribution >= 0.6 is 0 Å². The highest BCUT2D eigenvalue weighted by Gasteiger charge is 2.19. The Labute approximate surface area is 185 Å². The van der Waals surface area contributed by atoms with Crippen LogP contribution in [0.1, 0.15) is 20.8 Å². The summed E-state index contributed by atoms with van der Waals surface area (Å²) in [6.45, 7) is 5.02. The lowest BCUT2D eigenvalue weighted by atomic mass is 10.1. The molecule has 1 heterocycles. The smallest absolute Gasteiger partial charge is 0.326 e. The maximum Gasteiger partial charge on any atom is 0.326 e. The average molecular weight is 437 g/mol. The van der Waals surface area contributed by atoms with E-state index >= 15 is 0 Å². The van der Waals surface area contributed by atoms with Crippen LogP contribution in [0.25, 0.3) is 21.8 Å². The van der Waals surface area contributed by atoms with Gasteiger partial charge in [0.2, 0.25) is 5.91 Å². The predicted octanol–water partition coefficient (Wildman–Crippen LogP) is 2.07. The van der Waals surface area contributed by atoms with E-state index < -0.39 is 18.5 Å². The molecule has 0 aliphatic rings. The van der Waals surface area contributed by atoms with E-state index in [-0.39, 0.29) is 30.5 Å². The molecule has 0 aliphatic heterocycles. The Kier molecular flexibility index (Phi) is 7.25. The second kappa shape index (κ2) is 10.1. The zero-order valence-electron chi connectivity index (χ0n) is 18.5. The highest BCUT2D eigenvalue weighted by molar-refractivity contribution is 5.94. The van der Waals surface area contributed by atoms with E-state index in [9.17, 15) is 19.2 Å². The largest absolute Gasteiger partial charge is 0.454 e. The van der Waals surface area contributed by atoms with Crippen molar-refractivity contribution in [1.82, 2.24) is 14.8 Å². The molecule has 3 aromatic rings. The topological polar surface area (TPSA) is 97.7 Å². The standard InChI is InChI=1S/C24H27N3O5/c1-4-26(13-21(28)25-16(2)3)22(29)15-32-23(30)14-27-19-11-7-5-9-17(19)24(31)18-10-6-8-12-20(18)27/h5-12,16H,4,13-15H2,1-3H3,(H,25,28). The van der Waals surface area contributed by atoms with Crippen molar-refractivity contribution in [1.29, 1.82) is 0 Å². The fourth-order valence-corrected chi connectivity index (χ4v) is 3.57. The van der Waals surface area contributed by atoms with Gasteiger partial charge in [0, 0.05) is 23.4 Å². The predicted molar refractivity (Wildman–Crippen MR) is 122 cm³/mol. The summed E-state index contributed by atoms with van der Waals surface area (Å²) < 4.78 is 6.94. The molecule has 2 amide bonds. The summed E-state index contributed by atoms with van der Waals surface area (Å²) in [5, 5.41) is 3.74. The first-order valence-corrected chi connectivity index (χ1v) is 10.5. The van der Waals surface area contributed by atoms with Gasteiger partial charge in [-0.25, -0.2) is 0 Å². The van der Waals surface area contributed by atoms with Crippen LogP contribution in [0.2, 0.25) is 0 Å². The Morgan fingerprint density at radius 2 is 1.56 bits per heavy atom. The molecule has 0 unspecified atom stereocenters. The van der Waals surface area contributed by atoms with Crippen molar-refractivity contribution in [3.63, 3.8) is 0 Å². The monoisotopic (exact) mass is 437 g/mol. The van der Waals surface area contributed by atoms with Crippen LogP contribution in [0, 0.1) is 0 Å². The van der Waals surface area contributed by atoms with Gasteiger partial charge >= 0.3 is 5.97 Å². The van der Waals surface area contributed by atoms with Gasteiger partial charge in [-0.1, -0.05) is 24.3 Å². The van der Waals surface area contributed by atoms with Crippen molar-refractivity contribution in [2.45, 2.75) is 33.4 Å². The minimum Gasteiger partial charge on any atom is -0.454 e. The van der Waals surface area contributed by atoms with Crippen molar-refractivity contribution in [2.75, 3.05) is 19.7 Å². The van der Waals surface area contributed by atoms with Gasteiger partial charge in [0.1, 0.15) is 6.54 Å². The number of pyridine rings is 1. The van der Waals surface area contributed by atoms with E-state index in [1.165, 1.54) is 4.90 Å². The second-order valence-electron chi connectivity index (χ2n) is 7.74.